The van der Waals surface area contributed by atoms with Gasteiger partial charge in [-0.2, -0.15) is 0 Å². The molecule has 1 rings (SSSR count). The van der Waals surface area contributed by atoms with Crippen LogP contribution < -0.4 is 0 Å². The van der Waals surface area contributed by atoms with E-state index < -0.39 is 15.5 Å². The van der Waals surface area contributed by atoms with Gasteiger partial charge < -0.3 is 0 Å². The van der Waals surface area contributed by atoms with Crippen LogP contribution in [0.1, 0.15) is 13.8 Å². The van der Waals surface area contributed by atoms with E-state index in [-0.39, 0.29) is 21.2 Å². The van der Waals surface area contributed by atoms with E-state index >= 15 is 0 Å². The fourth-order valence-electron chi connectivity index (χ4n) is 0.668. The minimum absolute atomic E-state index is 0.0370. The zero-order valence-electron chi connectivity index (χ0n) is 5.54. The SMILES string of the molecule is CC1(C)C(=O)C(=S=O)S1=O. The molecule has 0 radical (unpaired) electrons. The third-order valence-electron chi connectivity index (χ3n) is 1.44. The van der Waals surface area contributed by atoms with Gasteiger partial charge in [-0.3, -0.25) is 9.00 Å². The summed E-state index contributed by atoms with van der Waals surface area (Å²) in [6, 6.07) is 0. The van der Waals surface area contributed by atoms with Crippen molar-refractivity contribution < 1.29 is 13.2 Å². The second kappa shape index (κ2) is 2.10. The van der Waals surface area contributed by atoms with Crippen molar-refractivity contribution in [2.75, 3.05) is 0 Å². The third kappa shape index (κ3) is 0.737. The van der Waals surface area contributed by atoms with E-state index in [1.807, 2.05) is 0 Å². The number of Topliss-reactive ketones (excluding diaryl/α,β-unsaturated/α-hetero) is 1. The van der Waals surface area contributed by atoms with Crippen molar-refractivity contribution in [3.05, 3.63) is 0 Å². The maximum atomic E-state index is 11.0. The number of hydrogen-bond donors (Lipinski definition) is 0. The molecule has 56 valence electrons. The normalized spacial score (nSPS) is 29.6. The van der Waals surface area contributed by atoms with Crippen LogP contribution in [0.2, 0.25) is 0 Å². The van der Waals surface area contributed by atoms with E-state index in [1.165, 1.54) is 0 Å². The average Bonchev–Trinajstić information content (AvgIpc) is 1.89. The van der Waals surface area contributed by atoms with Crippen molar-refractivity contribution in [2.45, 2.75) is 18.6 Å². The molecule has 1 aliphatic rings. The summed E-state index contributed by atoms with van der Waals surface area (Å²) in [6.07, 6.45) is 0. The number of hydrogen-bond acceptors (Lipinski definition) is 3. The van der Waals surface area contributed by atoms with Gasteiger partial charge in [0.15, 0.2) is 4.20 Å². The number of carbonyl (C=O) groups excluding carboxylic acids is 1. The molecule has 0 saturated carbocycles. The Balaban J connectivity index is 3.12. The van der Waals surface area contributed by atoms with Gasteiger partial charge in [0.2, 0.25) is 5.78 Å². The van der Waals surface area contributed by atoms with Gasteiger partial charge in [0.1, 0.15) is 16.0 Å². The molecule has 10 heavy (non-hydrogen) atoms. The predicted molar refractivity (Wildman–Crippen MR) is 40.4 cm³/mol. The minimum Gasteiger partial charge on any atom is -0.291 e. The monoisotopic (exact) mass is 178 g/mol. The van der Waals surface area contributed by atoms with Crippen molar-refractivity contribution in [3.8, 4) is 0 Å². The molecule has 0 N–H and O–H groups in total. The molecule has 1 heterocycles. The van der Waals surface area contributed by atoms with Gasteiger partial charge in [-0.25, -0.2) is 4.21 Å². The van der Waals surface area contributed by atoms with E-state index in [0.717, 1.165) is 0 Å². The van der Waals surface area contributed by atoms with Gasteiger partial charge in [-0.1, -0.05) is 0 Å². The zero-order chi connectivity index (χ0) is 7.94. The Hall–Kier alpha value is -0.290. The van der Waals surface area contributed by atoms with E-state index in [1.54, 1.807) is 13.8 Å². The topological polar surface area (TPSA) is 51.2 Å². The zero-order valence-corrected chi connectivity index (χ0v) is 7.17. The predicted octanol–water partition coefficient (Wildman–Crippen LogP) is -0.561. The summed E-state index contributed by atoms with van der Waals surface area (Å²) in [5.41, 5.74) is 0. The summed E-state index contributed by atoms with van der Waals surface area (Å²) in [4.78, 5) is 10.9. The summed E-state index contributed by atoms with van der Waals surface area (Å²) in [5, 5.41) is 0. The summed E-state index contributed by atoms with van der Waals surface area (Å²) in [5.74, 6) is -0.272. The first-order chi connectivity index (χ1) is 4.51. The van der Waals surface area contributed by atoms with Crippen LogP contribution in [-0.4, -0.2) is 23.1 Å². The highest BCUT2D eigenvalue weighted by Crippen LogP contribution is 2.26. The largest absolute Gasteiger partial charge is 0.291 e. The molecule has 0 spiro atoms. The molecule has 0 bridgehead atoms. The fourth-order valence-corrected chi connectivity index (χ4v) is 2.94. The van der Waals surface area contributed by atoms with E-state index in [9.17, 15) is 13.2 Å². The molecule has 0 aromatic rings. The maximum absolute atomic E-state index is 11.0. The Morgan fingerprint density at radius 1 is 1.50 bits per heavy atom. The van der Waals surface area contributed by atoms with Gasteiger partial charge in [0, 0.05) is 0 Å². The standard InChI is InChI=1S/C5H6O3S2/c1-5(2)3(6)4(9-7)10(5)8/h1-2H3. The highest BCUT2D eigenvalue weighted by atomic mass is 32.2. The fraction of sp³-hybridized carbons (Fsp3) is 0.600. The molecule has 5 heteroatoms. The third-order valence-corrected chi connectivity index (χ3v) is 4.07. The molecular weight excluding hydrogens is 172 g/mol. The first kappa shape index (κ1) is 7.81. The second-order valence-corrected chi connectivity index (χ2v) is 5.28. The molecule has 0 aliphatic carbocycles. The molecular formula is C5H6O3S2. The minimum atomic E-state index is -1.35. The Labute approximate surface area is 64.3 Å². The molecule has 0 amide bonds. The van der Waals surface area contributed by atoms with Crippen LogP contribution in [0.5, 0.6) is 0 Å². The van der Waals surface area contributed by atoms with Gasteiger partial charge in [0.25, 0.3) is 0 Å². The van der Waals surface area contributed by atoms with E-state index in [2.05, 4.69) is 0 Å². The molecule has 1 fully saturated rings. The number of carbonyl (C=O) groups is 1. The highest BCUT2D eigenvalue weighted by molar-refractivity contribution is 8.18. The Morgan fingerprint density at radius 3 is 2.20 bits per heavy atom. The van der Waals surface area contributed by atoms with Crippen LogP contribution >= 0.6 is 0 Å². The van der Waals surface area contributed by atoms with Crippen LogP contribution in [0.3, 0.4) is 0 Å². The smallest absolute Gasteiger partial charge is 0.203 e. The molecule has 1 unspecified atom stereocenters. The van der Waals surface area contributed by atoms with Crippen molar-refractivity contribution in [1.82, 2.24) is 0 Å². The number of rotatable bonds is 0. The van der Waals surface area contributed by atoms with Crippen LogP contribution in [-0.2, 0) is 26.8 Å². The molecule has 1 aliphatic heterocycles. The first-order valence-electron chi connectivity index (χ1n) is 2.65. The second-order valence-electron chi connectivity index (χ2n) is 2.48. The van der Waals surface area contributed by atoms with Gasteiger partial charge >= 0.3 is 0 Å². The van der Waals surface area contributed by atoms with Crippen LogP contribution in [0.4, 0.5) is 0 Å². The Morgan fingerprint density at radius 2 is 2.00 bits per heavy atom. The van der Waals surface area contributed by atoms with Gasteiger partial charge in [0.05, 0.1) is 10.8 Å². The number of ketones is 1. The lowest BCUT2D eigenvalue weighted by molar-refractivity contribution is -0.114. The van der Waals surface area contributed by atoms with Crippen molar-refractivity contribution in [3.63, 3.8) is 0 Å². The summed E-state index contributed by atoms with van der Waals surface area (Å²) >= 11 is 0.0470. The molecule has 1 saturated heterocycles. The summed E-state index contributed by atoms with van der Waals surface area (Å²) in [7, 11) is -1.35. The van der Waals surface area contributed by atoms with Crippen molar-refractivity contribution in [2.24, 2.45) is 0 Å². The van der Waals surface area contributed by atoms with Gasteiger partial charge in [-0.05, 0) is 13.8 Å². The molecule has 0 aromatic carbocycles. The van der Waals surface area contributed by atoms with Gasteiger partial charge in [-0.15, -0.1) is 0 Å². The summed E-state index contributed by atoms with van der Waals surface area (Å²) < 4.78 is 20.2. The Kier molecular flexibility index (Phi) is 1.64. The van der Waals surface area contributed by atoms with E-state index in [4.69, 9.17) is 0 Å². The maximum Gasteiger partial charge on any atom is 0.203 e. The summed E-state index contributed by atoms with van der Waals surface area (Å²) in [6.45, 7) is 3.15. The molecule has 1 atom stereocenters. The van der Waals surface area contributed by atoms with E-state index in [0.29, 0.717) is 0 Å². The quantitative estimate of drug-likeness (QED) is 0.467. The van der Waals surface area contributed by atoms with Crippen LogP contribution in [0.15, 0.2) is 0 Å². The first-order valence-corrected chi connectivity index (χ1v) is 4.54. The highest BCUT2D eigenvalue weighted by Gasteiger charge is 2.51. The van der Waals surface area contributed by atoms with Crippen LogP contribution in [0.25, 0.3) is 0 Å². The lowest BCUT2D eigenvalue weighted by atomic mass is 10.1. The molecule has 3 nitrogen and oxygen atoms in total. The lowest BCUT2D eigenvalue weighted by Crippen LogP contribution is -2.56. The Bertz CT molecular complexity index is 253. The van der Waals surface area contributed by atoms with Crippen LogP contribution in [0, 0.1) is 0 Å². The average molecular weight is 178 g/mol. The van der Waals surface area contributed by atoms with Crippen molar-refractivity contribution >= 4 is 32.0 Å². The molecule has 0 aromatic heterocycles. The van der Waals surface area contributed by atoms with Crippen molar-refractivity contribution in [1.29, 1.82) is 0 Å². The lowest BCUT2D eigenvalue weighted by Gasteiger charge is -2.30.